The molecule has 5 heavy (non-hydrogen) atoms. The van der Waals surface area contributed by atoms with E-state index in [0.29, 0.717) is 0 Å². The van der Waals surface area contributed by atoms with E-state index in [1.54, 1.807) is 0 Å². The van der Waals surface area contributed by atoms with Crippen LogP contribution in [0.1, 0.15) is 0 Å². The Bertz CT molecular complexity index is 9.61. The van der Waals surface area contributed by atoms with E-state index in [1.165, 1.54) is 0 Å². The molecule has 0 aliphatic rings. The Morgan fingerprint density at radius 3 is 1.20 bits per heavy atom. The molecule has 0 atom stereocenters. The van der Waals surface area contributed by atoms with Gasteiger partial charge in [0.05, 0.1) is 0 Å². The zero-order valence-electron chi connectivity index (χ0n) is 2.88. The summed E-state index contributed by atoms with van der Waals surface area (Å²) < 4.78 is 0. The molecule has 0 unspecified atom stereocenters. The van der Waals surface area contributed by atoms with Crippen molar-refractivity contribution in [2.45, 2.75) is 0 Å². The molecular weight excluding hydrogens is 239 g/mol. The van der Waals surface area contributed by atoms with Gasteiger partial charge in [0.2, 0.25) is 0 Å². The van der Waals surface area contributed by atoms with Crippen molar-refractivity contribution < 1.29 is 31.1 Å². The van der Waals surface area contributed by atoms with Gasteiger partial charge in [-0.15, -0.1) is 0 Å². The number of hydrogen-bond donors (Lipinski definition) is 2. The predicted octanol–water partition coefficient (Wildman–Crippen LogP) is -1.05. The molecule has 0 fully saturated rings. The first kappa shape index (κ1) is 17.3. The second kappa shape index (κ2) is 22.5. The van der Waals surface area contributed by atoms with E-state index in [-0.39, 0.29) is 36.2 Å². The van der Waals surface area contributed by atoms with Crippen molar-refractivity contribution in [1.29, 1.82) is 0 Å². The Morgan fingerprint density at radius 2 is 1.20 bits per heavy atom. The van der Waals surface area contributed by atoms with Crippen LogP contribution in [0.4, 0.5) is 0 Å². The molecule has 2 nitrogen and oxygen atoms in total. The average molecular weight is 244 g/mol. The molecule has 0 aromatic carbocycles. The van der Waals surface area contributed by atoms with E-state index in [0.717, 1.165) is 0 Å². The van der Waals surface area contributed by atoms with Crippen LogP contribution in [0.5, 0.6) is 0 Å². The first-order chi connectivity index (χ1) is 1.41. The van der Waals surface area contributed by atoms with Crippen molar-refractivity contribution >= 4 is 7.69 Å². The summed E-state index contributed by atoms with van der Waals surface area (Å²) in [6, 6.07) is 0. The standard InChI is InChI=1S/CH3.BH2O2.W/c;2-1-3;/h1H3;2-3H;/q-1;;. The van der Waals surface area contributed by atoms with Crippen molar-refractivity contribution in [3.63, 3.8) is 0 Å². The molecule has 0 heterocycles. The third-order valence-corrected chi connectivity index (χ3v) is 0. The summed E-state index contributed by atoms with van der Waals surface area (Å²) in [6.07, 6.45) is 0. The van der Waals surface area contributed by atoms with Crippen LogP contribution in [0.15, 0.2) is 0 Å². The van der Waals surface area contributed by atoms with Crippen LogP contribution in [0.3, 0.4) is 0 Å². The monoisotopic (exact) mass is 244 g/mol. The van der Waals surface area contributed by atoms with Crippen LogP contribution in [0.2, 0.25) is 0 Å². The summed E-state index contributed by atoms with van der Waals surface area (Å²) in [5, 5.41) is 14.0. The minimum absolute atomic E-state index is 0. The third kappa shape index (κ3) is 73.7. The molecule has 0 aliphatic carbocycles. The van der Waals surface area contributed by atoms with E-state index in [9.17, 15) is 0 Å². The Labute approximate surface area is 46.8 Å². The summed E-state index contributed by atoms with van der Waals surface area (Å²) in [4.78, 5) is 0. The van der Waals surface area contributed by atoms with Crippen molar-refractivity contribution in [2.24, 2.45) is 0 Å². The van der Waals surface area contributed by atoms with E-state index >= 15 is 0 Å². The zero-order valence-corrected chi connectivity index (χ0v) is 5.81. The molecule has 0 spiro atoms. The Morgan fingerprint density at radius 1 is 1.20 bits per heavy atom. The van der Waals surface area contributed by atoms with Crippen LogP contribution in [-0.4, -0.2) is 17.7 Å². The maximum absolute atomic E-state index is 7.00. The normalized spacial score (nSPS) is 2.80. The Kier molecular flexibility index (Phi) is 78.1. The van der Waals surface area contributed by atoms with E-state index < -0.39 is 0 Å². The average Bonchev–Trinajstić information content (AvgIpc) is 0.918. The van der Waals surface area contributed by atoms with Gasteiger partial charge in [0.1, 0.15) is 0 Å². The minimum atomic E-state index is 0. The molecule has 1 radical (unpaired) electrons. The number of rotatable bonds is 0. The van der Waals surface area contributed by atoms with Gasteiger partial charge < -0.3 is 17.5 Å². The smallest absolute Gasteiger partial charge is 0.429 e. The minimum Gasteiger partial charge on any atom is -0.429 e. The van der Waals surface area contributed by atoms with Gasteiger partial charge in [-0.2, -0.15) is 0 Å². The summed E-state index contributed by atoms with van der Waals surface area (Å²) in [7, 11) is 0. The van der Waals surface area contributed by atoms with Crippen LogP contribution < -0.4 is 0 Å². The number of hydrogen-bond acceptors (Lipinski definition) is 2. The maximum atomic E-state index is 7.00. The molecule has 31 valence electrons. The molecule has 0 aromatic heterocycles. The van der Waals surface area contributed by atoms with Crippen molar-refractivity contribution in [3.05, 3.63) is 7.43 Å². The van der Waals surface area contributed by atoms with E-state index in [4.69, 9.17) is 10.0 Å². The molecule has 0 rings (SSSR count). The first-order valence-corrected chi connectivity index (χ1v) is 0.516. The largest absolute Gasteiger partial charge is 0.482 e. The van der Waals surface area contributed by atoms with E-state index in [1.807, 2.05) is 0 Å². The summed E-state index contributed by atoms with van der Waals surface area (Å²) in [5.74, 6) is 0. The van der Waals surface area contributed by atoms with Crippen LogP contribution >= 0.6 is 0 Å². The molecule has 0 aliphatic heterocycles. The van der Waals surface area contributed by atoms with Crippen LogP contribution in [-0.2, 0) is 21.1 Å². The van der Waals surface area contributed by atoms with Gasteiger partial charge in [0.25, 0.3) is 0 Å². The molecule has 2 N–H and O–H groups in total. The fourth-order valence-corrected chi connectivity index (χ4v) is 0. The quantitative estimate of drug-likeness (QED) is 0.421. The van der Waals surface area contributed by atoms with Gasteiger partial charge in [0, 0.05) is 21.1 Å². The summed E-state index contributed by atoms with van der Waals surface area (Å²) >= 11 is 0. The van der Waals surface area contributed by atoms with Gasteiger partial charge in [-0.25, -0.2) is 0 Å². The summed E-state index contributed by atoms with van der Waals surface area (Å²) in [6.45, 7) is 0. The van der Waals surface area contributed by atoms with Gasteiger partial charge >= 0.3 is 7.69 Å². The van der Waals surface area contributed by atoms with Crippen molar-refractivity contribution in [3.8, 4) is 0 Å². The molecule has 0 aromatic rings. The van der Waals surface area contributed by atoms with Crippen molar-refractivity contribution in [1.82, 2.24) is 0 Å². The van der Waals surface area contributed by atoms with E-state index in [2.05, 4.69) is 0 Å². The molecule has 0 saturated heterocycles. The van der Waals surface area contributed by atoms with Gasteiger partial charge in [0.15, 0.2) is 0 Å². The predicted molar refractivity (Wildman–Crippen MR) is 16.6 cm³/mol. The van der Waals surface area contributed by atoms with Crippen molar-refractivity contribution in [2.75, 3.05) is 0 Å². The molecule has 0 saturated carbocycles. The van der Waals surface area contributed by atoms with Gasteiger partial charge in [-0.05, 0) is 0 Å². The van der Waals surface area contributed by atoms with Crippen LogP contribution in [0.25, 0.3) is 0 Å². The second-order valence-corrected chi connectivity index (χ2v) is 0.115. The fourth-order valence-electron chi connectivity index (χ4n) is 0. The first-order valence-electron chi connectivity index (χ1n) is 0.516. The summed E-state index contributed by atoms with van der Waals surface area (Å²) in [5.41, 5.74) is 0. The third-order valence-electron chi connectivity index (χ3n) is 0. The molecule has 0 bridgehead atoms. The maximum Gasteiger partial charge on any atom is 0.482 e. The molecule has 4 heteroatoms. The molecular formula is CH5BO2W-. The second-order valence-electron chi connectivity index (χ2n) is 0.115. The van der Waals surface area contributed by atoms with Crippen LogP contribution in [0, 0.1) is 7.43 Å². The Balaban J connectivity index is -0.0000000200. The zero-order chi connectivity index (χ0) is 2.71. The topological polar surface area (TPSA) is 40.5 Å². The van der Waals surface area contributed by atoms with Gasteiger partial charge in [-0.1, -0.05) is 0 Å². The van der Waals surface area contributed by atoms with Gasteiger partial charge in [-0.3, -0.25) is 0 Å². The SMILES string of the molecule is O[B]O.[CH3-].[W]. The molecule has 0 amide bonds. The Hall–Kier alpha value is 0.673. The fraction of sp³-hybridized carbons (Fsp3) is 0.